The number of aromatic hydroxyl groups is 1. The summed E-state index contributed by atoms with van der Waals surface area (Å²) in [4.78, 5) is 50.1. The first-order valence-electron chi connectivity index (χ1n) is 27.3. The predicted molar refractivity (Wildman–Crippen MR) is 339 cm³/mol. The molecule has 1 saturated heterocycles. The largest absolute Gasteiger partial charge is 0.514 e. The summed E-state index contributed by atoms with van der Waals surface area (Å²) in [6.07, 6.45) is -6.20. The lowest BCUT2D eigenvalue weighted by Gasteiger charge is -2.39. The van der Waals surface area contributed by atoms with Crippen molar-refractivity contribution in [1.29, 1.82) is 0 Å². The van der Waals surface area contributed by atoms with Crippen LogP contribution in [0.25, 0.3) is 54.3 Å². The molecule has 12 rings (SSSR count). The maximum absolute atomic E-state index is 14.1. The molecule has 3 heterocycles. The highest BCUT2D eigenvalue weighted by Gasteiger charge is 2.47. The van der Waals surface area contributed by atoms with Gasteiger partial charge in [0, 0.05) is 54.6 Å². The van der Waals surface area contributed by atoms with Crippen molar-refractivity contribution in [3.8, 4) is 34.3 Å². The number of nitrogens with one attached hydrogen (secondary N) is 1. The van der Waals surface area contributed by atoms with Gasteiger partial charge in [-0.1, -0.05) is 149 Å². The lowest BCUT2D eigenvalue weighted by molar-refractivity contribution is -0.255. The van der Waals surface area contributed by atoms with E-state index in [0.717, 1.165) is 12.1 Å². The minimum Gasteiger partial charge on any atom is -0.507 e. The summed E-state index contributed by atoms with van der Waals surface area (Å²) < 4.78 is 123. The molecule has 19 nitrogen and oxygen atoms in total. The zero-order valence-corrected chi connectivity index (χ0v) is 49.2. The molecule has 1 aromatic heterocycles. The van der Waals surface area contributed by atoms with Gasteiger partial charge >= 0.3 is 22.5 Å². The van der Waals surface area contributed by atoms with Gasteiger partial charge in [-0.2, -0.15) is 12.8 Å². The summed E-state index contributed by atoms with van der Waals surface area (Å²) in [7, 11) is -4.60. The maximum atomic E-state index is 14.1. The summed E-state index contributed by atoms with van der Waals surface area (Å²) in [5.74, 6) is -5.19. The third-order valence-corrected chi connectivity index (χ3v) is 14.1. The molecule has 5 unspecified atom stereocenters. The third kappa shape index (κ3) is 17.4. The number of phenols is 1. The van der Waals surface area contributed by atoms with Gasteiger partial charge in [-0.25, -0.2) is 32.1 Å². The van der Waals surface area contributed by atoms with Gasteiger partial charge in [-0.15, -0.1) is 0 Å². The van der Waals surface area contributed by atoms with E-state index in [1.54, 1.807) is 136 Å². The van der Waals surface area contributed by atoms with Crippen molar-refractivity contribution < 1.29 is 97.7 Å². The van der Waals surface area contributed by atoms with Gasteiger partial charge in [-0.05, 0) is 69.3 Å². The van der Waals surface area contributed by atoms with Crippen LogP contribution in [-0.2, 0) is 24.7 Å². The Morgan fingerprint density at radius 3 is 1.53 bits per heavy atom. The maximum Gasteiger partial charge on any atom is 0.514 e. The van der Waals surface area contributed by atoms with Crippen molar-refractivity contribution in [3.63, 3.8) is 0 Å². The first-order valence-corrected chi connectivity index (χ1v) is 28.7. The molecule has 25 heteroatoms. The number of nitrogen functional groups attached to an aromatic ring is 1. The highest BCUT2D eigenvalue weighted by Crippen LogP contribution is 2.36. The lowest BCUT2D eigenvalue weighted by atomic mass is 9.90. The number of anilines is 1. The number of fused-ring (bicyclic) bond motifs is 5. The van der Waals surface area contributed by atoms with E-state index in [1.807, 2.05) is 0 Å². The molecule has 10 aromatic rings. The number of nitrogens with two attached hydrogens (primary N) is 1. The second-order valence-corrected chi connectivity index (χ2v) is 22.1. The molecule has 0 radical (unpaired) electrons. The van der Waals surface area contributed by atoms with Crippen LogP contribution in [-0.4, -0.2) is 98.9 Å². The summed E-state index contributed by atoms with van der Waals surface area (Å²) in [6.45, 7) is 6.51. The normalized spacial score (nSPS) is 16.5. The number of benzene rings is 9. The first kappa shape index (κ1) is 71.8. The summed E-state index contributed by atoms with van der Waals surface area (Å²) in [5, 5.41) is 44.2. The molecule has 488 valence electrons. The van der Waals surface area contributed by atoms with Crippen molar-refractivity contribution in [2.75, 3.05) is 12.3 Å². The second kappa shape index (κ2) is 30.7. The second-order valence-electron chi connectivity index (χ2n) is 21.1. The number of aromatic nitrogens is 1. The molecule has 1 amide bonds. The van der Waals surface area contributed by atoms with Crippen LogP contribution < -0.4 is 24.7 Å². The number of aliphatic hydroxyl groups is 2. The number of carbonyl (C=O) groups excluding carboxylic acids is 3. The summed E-state index contributed by atoms with van der Waals surface area (Å²) in [5.41, 5.74) is 5.58. The number of hydrogen-bond donors (Lipinski definition) is 7. The van der Waals surface area contributed by atoms with Crippen molar-refractivity contribution >= 4 is 83.0 Å². The van der Waals surface area contributed by atoms with Gasteiger partial charge in [-0.3, -0.25) is 14.1 Å². The smallest absolute Gasteiger partial charge is 0.507 e. The number of ether oxygens (including phenoxy) is 4. The highest BCUT2D eigenvalue weighted by molar-refractivity contribution is 7.81. The van der Waals surface area contributed by atoms with Crippen LogP contribution in [0.15, 0.2) is 176 Å². The number of ketones is 1. The molecular formula is C68H64F5N3O16S. The van der Waals surface area contributed by atoms with Gasteiger partial charge < -0.3 is 54.6 Å². The molecule has 5 atom stereocenters. The van der Waals surface area contributed by atoms with Crippen molar-refractivity contribution in [2.24, 2.45) is 5.92 Å². The number of phenolic OH excluding ortho intramolecular Hbond substituents is 1. The number of Topliss-reactive ketones (excluding diaryl/α,β-unsaturated/α-hetero) is 1. The number of halogens is 5. The van der Waals surface area contributed by atoms with Crippen LogP contribution in [0.2, 0.25) is 0 Å². The lowest BCUT2D eigenvalue weighted by Crippen LogP contribution is -2.57. The number of aliphatic carboxylic acids is 1. The van der Waals surface area contributed by atoms with Crippen LogP contribution in [0.3, 0.4) is 0 Å². The van der Waals surface area contributed by atoms with E-state index in [9.17, 15) is 64.9 Å². The molecule has 0 saturated carbocycles. The number of carboxylic acid groups (broad SMARTS) is 1. The molecule has 93 heavy (non-hydrogen) atoms. The van der Waals surface area contributed by atoms with Gasteiger partial charge in [0.1, 0.15) is 52.2 Å². The topological polar surface area (TPSA) is 301 Å². The van der Waals surface area contributed by atoms with Crippen LogP contribution in [0.1, 0.15) is 63.3 Å². The standard InChI is InChI=1S/C17H17FO6.C15H15FO3.C14H10FN3O2.C10H7FO4S.C10H7FO.2CH4/c1-8-13(19)15(16(21)22)24-17(14(8)20)23-12-7-6-11(18)9-4-2-3-5-10(9)12;1-15(2,3)19-14(17)18-13-9-8-12(16)10-6-4-5-7-11(10)13;15-13-9-8(19)6-17-14(20)10(9)11(16)12(18-13)7-4-2-1-3-5-7;11-9-5-6-10(15-16(12,13)14)8-4-2-1-3-7(8)9;11-9-5-6-10(12)8-4-2-1-3-7(8)9;;/h2-8,13-15,17,19-20H,1H3,(H,21,22);4-9H,1-3H3;1-5H,6,16H2,(H,17,20);1-6H,(H,12,13,14);1-6,12H;2*1H4/i18-1;16-1;15-1;2*11-1;;. The van der Waals surface area contributed by atoms with Gasteiger partial charge in [0.15, 0.2) is 17.6 Å². The predicted octanol–water partition coefficient (Wildman–Crippen LogP) is 13.3. The number of amides is 1. The van der Waals surface area contributed by atoms with E-state index in [2.05, 4.69) is 14.5 Å². The fourth-order valence-corrected chi connectivity index (χ4v) is 9.73. The van der Waals surface area contributed by atoms with Gasteiger partial charge in [0.05, 0.1) is 35.2 Å². The Bertz CT molecular complexity index is 4440. The SMILES string of the molecule is C.C.CC(C)(C)OC(=O)Oc1ccc([18F])c2ccccc12.CC1C(O)C(Oc2ccc([18F])c3ccccc23)OC(C(=O)O)C1O.Nc1c(-c2ccccc2)nc([18F])c2c1C(=O)NCC2=O.O=S(=O)(O)Oc1ccc([18F])c2ccccc12.Oc1ccc([18F])c2ccccc12. The number of carboxylic acids is 1. The minimum atomic E-state index is -4.60. The van der Waals surface area contributed by atoms with E-state index < -0.39 is 87.9 Å². The van der Waals surface area contributed by atoms with E-state index in [0.29, 0.717) is 37.9 Å². The Kier molecular flexibility index (Phi) is 23.7. The molecule has 8 N–H and O–H groups in total. The van der Waals surface area contributed by atoms with Crippen LogP contribution in [0.5, 0.6) is 23.0 Å². The van der Waals surface area contributed by atoms with E-state index in [4.69, 9.17) is 34.3 Å². The fourth-order valence-electron chi connectivity index (χ4n) is 9.36. The first-order chi connectivity index (χ1) is 43.1. The quantitative estimate of drug-likeness (QED) is 0.0256. The molecule has 2 aliphatic heterocycles. The average molecular weight is 1300 g/mol. The minimum absolute atomic E-state index is 0. The number of rotatable bonds is 7. The molecule has 0 spiro atoms. The fraction of sp³-hybridized carbons (Fsp3) is 0.191. The van der Waals surface area contributed by atoms with Crippen LogP contribution >= 0.6 is 0 Å². The highest BCUT2D eigenvalue weighted by atomic mass is 32.3. The zero-order chi connectivity index (χ0) is 66.1. The Hall–Kier alpha value is -10.3. The summed E-state index contributed by atoms with van der Waals surface area (Å²) in [6, 6.07) is 45.3. The molecule has 0 aliphatic carbocycles. The number of nitrogens with zero attached hydrogens (tertiary/aromatic N) is 1. The number of aliphatic hydroxyl groups excluding tert-OH is 2. The Balaban J connectivity index is 0.000000186. The third-order valence-electron chi connectivity index (χ3n) is 13.7. The van der Waals surface area contributed by atoms with E-state index in [-0.39, 0.29) is 89.3 Å². The molecular weight excluding hydrogens is 1240 g/mol. The zero-order valence-electron chi connectivity index (χ0n) is 48.4. The number of pyridine rings is 1. The Labute approximate surface area is 530 Å². The Morgan fingerprint density at radius 1 is 0.613 bits per heavy atom. The summed E-state index contributed by atoms with van der Waals surface area (Å²) >= 11 is 0. The molecule has 1 fully saturated rings. The van der Waals surface area contributed by atoms with Crippen molar-refractivity contribution in [1.82, 2.24) is 10.3 Å². The average Bonchev–Trinajstić information content (AvgIpc) is 0.776. The Morgan fingerprint density at radius 2 is 1.04 bits per heavy atom. The number of hydrogen-bond acceptors (Lipinski definition) is 16. The monoisotopic (exact) mass is 1300 g/mol. The number of carbonyl (C=O) groups is 4. The van der Waals surface area contributed by atoms with E-state index in [1.165, 1.54) is 55.5 Å². The molecule has 0 bridgehead atoms. The molecule has 9 aromatic carbocycles. The van der Waals surface area contributed by atoms with Crippen molar-refractivity contribution in [3.05, 3.63) is 216 Å². The van der Waals surface area contributed by atoms with Gasteiger partial charge in [0.2, 0.25) is 12.2 Å². The van der Waals surface area contributed by atoms with Crippen molar-refractivity contribution in [2.45, 2.75) is 72.8 Å². The molecule has 2 aliphatic rings. The van der Waals surface area contributed by atoms with Crippen LogP contribution in [0, 0.1) is 35.1 Å². The van der Waals surface area contributed by atoms with Gasteiger partial charge in [0.25, 0.3) is 5.91 Å². The van der Waals surface area contributed by atoms with E-state index >= 15 is 0 Å². The van der Waals surface area contributed by atoms with Crippen LogP contribution in [0.4, 0.5) is 32.4 Å².